The van der Waals surface area contributed by atoms with Crippen molar-refractivity contribution >= 4 is 39.2 Å². The summed E-state index contributed by atoms with van der Waals surface area (Å²) in [6.07, 6.45) is 0.290. The third-order valence-electron chi connectivity index (χ3n) is 5.46. The maximum absolute atomic E-state index is 12.7. The van der Waals surface area contributed by atoms with E-state index in [4.69, 9.17) is 20.6 Å². The Kier molecular flexibility index (Phi) is 4.90. The molecule has 3 heterocycles. The van der Waals surface area contributed by atoms with Crippen molar-refractivity contribution in [1.82, 2.24) is 14.8 Å². The van der Waals surface area contributed by atoms with E-state index in [1.165, 1.54) is 11.3 Å². The van der Waals surface area contributed by atoms with E-state index in [0.29, 0.717) is 16.7 Å². The smallest absolute Gasteiger partial charge is 0.255 e. The van der Waals surface area contributed by atoms with Gasteiger partial charge in [0, 0.05) is 17.9 Å². The van der Waals surface area contributed by atoms with Crippen LogP contribution in [0.3, 0.4) is 0 Å². The number of hydrogen-bond donors (Lipinski definition) is 2. The van der Waals surface area contributed by atoms with Crippen molar-refractivity contribution in [2.75, 3.05) is 11.9 Å². The van der Waals surface area contributed by atoms with E-state index in [1.54, 1.807) is 10.7 Å². The van der Waals surface area contributed by atoms with Gasteiger partial charge < -0.3 is 15.8 Å². The Morgan fingerprint density at radius 2 is 2.12 bits per heavy atom. The zero-order valence-electron chi connectivity index (χ0n) is 17.6. The lowest BCUT2D eigenvalue weighted by molar-refractivity contribution is -0.120. The van der Waals surface area contributed by atoms with Crippen molar-refractivity contribution in [2.45, 2.75) is 26.2 Å². The molecule has 0 fully saturated rings. The fourth-order valence-electron chi connectivity index (χ4n) is 4.06. The summed E-state index contributed by atoms with van der Waals surface area (Å²) in [5, 5.41) is 8.43. The molecule has 2 aromatic heterocycles. The molecule has 32 heavy (non-hydrogen) atoms. The minimum absolute atomic E-state index is 0.0935. The lowest BCUT2D eigenvalue weighted by Gasteiger charge is -2.24. The summed E-state index contributed by atoms with van der Waals surface area (Å²) in [5.74, 6) is 0.339. The van der Waals surface area contributed by atoms with E-state index >= 15 is 0 Å². The van der Waals surface area contributed by atoms with E-state index in [0.717, 1.165) is 32.6 Å². The number of thiazole rings is 1. The summed E-state index contributed by atoms with van der Waals surface area (Å²) in [6.45, 7) is 3.78. The highest BCUT2D eigenvalue weighted by atomic mass is 32.1. The molecule has 0 spiro atoms. The molecule has 5 rings (SSSR count). The van der Waals surface area contributed by atoms with Crippen molar-refractivity contribution < 1.29 is 14.3 Å². The van der Waals surface area contributed by atoms with Gasteiger partial charge in [0.2, 0.25) is 11.0 Å². The predicted molar refractivity (Wildman–Crippen MR) is 122 cm³/mol. The van der Waals surface area contributed by atoms with Crippen LogP contribution in [0.25, 0.3) is 15.3 Å². The van der Waals surface area contributed by atoms with E-state index in [1.807, 2.05) is 44.2 Å². The first kappa shape index (κ1) is 20.2. The fourth-order valence-corrected chi connectivity index (χ4v) is 5.08. The second-order valence-corrected chi connectivity index (χ2v) is 8.87. The van der Waals surface area contributed by atoms with Gasteiger partial charge in [-0.1, -0.05) is 29.5 Å². The van der Waals surface area contributed by atoms with Crippen molar-refractivity contribution in [3.05, 3.63) is 64.8 Å². The van der Waals surface area contributed by atoms with E-state index < -0.39 is 5.91 Å². The number of anilines is 1. The third kappa shape index (κ3) is 3.60. The number of nitrogens with zero attached hydrogens (tertiary/aromatic N) is 3. The van der Waals surface area contributed by atoms with Crippen molar-refractivity contribution in [1.29, 1.82) is 0 Å². The van der Waals surface area contributed by atoms with Gasteiger partial charge in [-0.2, -0.15) is 9.78 Å². The standard InChI is InChI=1S/C23H21N5O3S/c1-12-6-7-17-18(8-12)32-23(25-17)28-22-21(13(2)27-28)16(10-20(30)26-22)14-4-3-5-15(9-14)31-11-19(24)29/h3-9,16H,10-11H2,1-2H3,(H2,24,29)(H,26,30). The quantitative estimate of drug-likeness (QED) is 0.487. The molecule has 9 heteroatoms. The average molecular weight is 448 g/mol. The highest BCUT2D eigenvalue weighted by molar-refractivity contribution is 7.20. The molecule has 0 saturated carbocycles. The van der Waals surface area contributed by atoms with Crippen molar-refractivity contribution in [3.63, 3.8) is 0 Å². The first-order valence-corrected chi connectivity index (χ1v) is 11.0. The molecule has 0 bridgehead atoms. The largest absolute Gasteiger partial charge is 0.484 e. The molecule has 1 unspecified atom stereocenters. The molecule has 0 aliphatic carbocycles. The van der Waals surface area contributed by atoms with Crippen LogP contribution in [-0.4, -0.2) is 33.2 Å². The van der Waals surface area contributed by atoms with E-state index in [9.17, 15) is 9.59 Å². The fraction of sp³-hybridized carbons (Fsp3) is 0.217. The second-order valence-electron chi connectivity index (χ2n) is 7.86. The van der Waals surface area contributed by atoms with Crippen molar-refractivity contribution in [3.8, 4) is 10.9 Å². The number of amides is 2. The summed E-state index contributed by atoms with van der Waals surface area (Å²) in [7, 11) is 0. The van der Waals surface area contributed by atoms with E-state index in [2.05, 4.69) is 11.4 Å². The predicted octanol–water partition coefficient (Wildman–Crippen LogP) is 3.44. The van der Waals surface area contributed by atoms with Crippen LogP contribution >= 0.6 is 11.3 Å². The number of rotatable bonds is 5. The molecule has 162 valence electrons. The van der Waals surface area contributed by atoms with Gasteiger partial charge in [0.1, 0.15) is 11.6 Å². The number of primary amides is 1. The highest BCUT2D eigenvalue weighted by Crippen LogP contribution is 2.41. The monoisotopic (exact) mass is 447 g/mol. The lowest BCUT2D eigenvalue weighted by Crippen LogP contribution is -2.25. The number of benzene rings is 2. The number of carbonyl (C=O) groups excluding carboxylic acids is 2. The summed E-state index contributed by atoms with van der Waals surface area (Å²) in [5.41, 5.74) is 9.93. The Bertz CT molecular complexity index is 1370. The number of carbonyl (C=O) groups is 2. The van der Waals surface area contributed by atoms with Gasteiger partial charge in [0.15, 0.2) is 6.61 Å². The maximum atomic E-state index is 12.7. The van der Waals surface area contributed by atoms with Gasteiger partial charge in [-0.3, -0.25) is 9.59 Å². The minimum atomic E-state index is -0.544. The van der Waals surface area contributed by atoms with Crippen LogP contribution in [0.5, 0.6) is 5.75 Å². The van der Waals surface area contributed by atoms with Gasteiger partial charge in [-0.05, 0) is 49.2 Å². The number of aromatic nitrogens is 3. The third-order valence-corrected chi connectivity index (χ3v) is 6.45. The van der Waals surface area contributed by atoms with Crippen LogP contribution < -0.4 is 15.8 Å². The zero-order chi connectivity index (χ0) is 22.4. The SMILES string of the molecule is Cc1ccc2nc(-n3nc(C)c4c3NC(=O)CC4c3cccc(OCC(N)=O)c3)sc2c1. The Labute approximate surface area is 188 Å². The molecule has 2 amide bonds. The lowest BCUT2D eigenvalue weighted by atomic mass is 9.86. The van der Waals surface area contributed by atoms with Crippen LogP contribution in [0.1, 0.15) is 34.7 Å². The van der Waals surface area contributed by atoms with Crippen LogP contribution in [0.4, 0.5) is 5.82 Å². The van der Waals surface area contributed by atoms with Crippen molar-refractivity contribution in [2.24, 2.45) is 5.73 Å². The molecule has 4 aromatic rings. The van der Waals surface area contributed by atoms with Gasteiger partial charge >= 0.3 is 0 Å². The molecule has 1 atom stereocenters. The minimum Gasteiger partial charge on any atom is -0.484 e. The van der Waals surface area contributed by atoms with Crippen LogP contribution in [0.2, 0.25) is 0 Å². The van der Waals surface area contributed by atoms with Gasteiger partial charge in [0.05, 0.1) is 15.9 Å². The van der Waals surface area contributed by atoms with Gasteiger partial charge in [-0.15, -0.1) is 0 Å². The molecule has 0 saturated heterocycles. The first-order valence-electron chi connectivity index (χ1n) is 10.2. The van der Waals surface area contributed by atoms with Gasteiger partial charge in [-0.25, -0.2) is 4.98 Å². The Balaban J connectivity index is 1.58. The topological polar surface area (TPSA) is 112 Å². The average Bonchev–Trinajstić information content (AvgIpc) is 3.32. The summed E-state index contributed by atoms with van der Waals surface area (Å²) < 4.78 is 8.25. The summed E-state index contributed by atoms with van der Waals surface area (Å²) >= 11 is 1.53. The molecule has 3 N–H and O–H groups in total. The molecular weight excluding hydrogens is 426 g/mol. The van der Waals surface area contributed by atoms with Crippen LogP contribution in [0.15, 0.2) is 42.5 Å². The van der Waals surface area contributed by atoms with E-state index in [-0.39, 0.29) is 24.9 Å². The number of nitrogens with one attached hydrogen (secondary N) is 1. The van der Waals surface area contributed by atoms with Gasteiger partial charge in [0.25, 0.3) is 5.91 Å². The summed E-state index contributed by atoms with van der Waals surface area (Å²) in [6, 6.07) is 13.5. The summed E-state index contributed by atoms with van der Waals surface area (Å²) in [4.78, 5) is 28.4. The Morgan fingerprint density at radius 1 is 1.28 bits per heavy atom. The first-order chi connectivity index (χ1) is 15.4. The number of aryl methyl sites for hydroxylation is 2. The number of ether oxygens (including phenoxy) is 1. The van der Waals surface area contributed by atoms with Crippen LogP contribution in [-0.2, 0) is 9.59 Å². The molecule has 1 aliphatic heterocycles. The molecule has 8 nitrogen and oxygen atoms in total. The molecule has 0 radical (unpaired) electrons. The molecular formula is C23H21N5O3S. The second kappa shape index (κ2) is 7.76. The Hall–Kier alpha value is -3.72. The number of nitrogens with two attached hydrogens (primary N) is 1. The maximum Gasteiger partial charge on any atom is 0.255 e. The Morgan fingerprint density at radius 3 is 2.94 bits per heavy atom. The molecule has 2 aromatic carbocycles. The molecule has 1 aliphatic rings. The zero-order valence-corrected chi connectivity index (χ0v) is 18.4. The van der Waals surface area contributed by atoms with Crippen LogP contribution in [0, 0.1) is 13.8 Å². The highest BCUT2D eigenvalue weighted by Gasteiger charge is 2.33. The number of hydrogen-bond acceptors (Lipinski definition) is 6. The number of fused-ring (bicyclic) bond motifs is 2. The normalized spacial score (nSPS) is 15.4.